The van der Waals surface area contributed by atoms with Crippen molar-refractivity contribution in [3.8, 4) is 0 Å². The molecule has 1 heterocycles. The zero-order valence-corrected chi connectivity index (χ0v) is 9.57. The summed E-state index contributed by atoms with van der Waals surface area (Å²) in [4.78, 5) is 1.36. The van der Waals surface area contributed by atoms with Crippen molar-refractivity contribution in [3.05, 3.63) is 21.3 Å². The largest absolute Gasteiger partial charge is 0.309 e. The van der Waals surface area contributed by atoms with Crippen LogP contribution in [0.4, 0.5) is 0 Å². The van der Waals surface area contributed by atoms with Crippen LogP contribution in [-0.4, -0.2) is 6.04 Å². The molecule has 0 radical (unpaired) electrons. The summed E-state index contributed by atoms with van der Waals surface area (Å²) < 4.78 is 0.900. The van der Waals surface area contributed by atoms with Crippen LogP contribution in [0, 0.1) is 11.8 Å². The Bertz CT molecular complexity index is 336. The number of thiophene rings is 1. The molecule has 2 fully saturated rings. The molecular formula is C11H14ClNS. The Hall–Kier alpha value is -0.0500. The highest BCUT2D eigenvalue weighted by Gasteiger charge is 2.47. The molecular weight excluding hydrogens is 214 g/mol. The molecule has 3 rings (SSSR count). The molecule has 0 amide bonds. The van der Waals surface area contributed by atoms with Crippen molar-refractivity contribution >= 4 is 22.9 Å². The van der Waals surface area contributed by atoms with E-state index in [2.05, 4.69) is 11.4 Å². The second-order valence-corrected chi connectivity index (χ2v) is 6.23. The highest BCUT2D eigenvalue weighted by Crippen LogP contribution is 2.51. The minimum absolute atomic E-state index is 0.792. The van der Waals surface area contributed by atoms with Gasteiger partial charge in [-0.15, -0.1) is 11.3 Å². The van der Waals surface area contributed by atoms with Crippen LogP contribution in [-0.2, 0) is 6.54 Å². The molecule has 3 heteroatoms. The van der Waals surface area contributed by atoms with Crippen LogP contribution < -0.4 is 5.32 Å². The second kappa shape index (κ2) is 3.51. The Morgan fingerprint density at radius 3 is 2.93 bits per heavy atom. The van der Waals surface area contributed by atoms with E-state index in [0.29, 0.717) is 0 Å². The highest BCUT2D eigenvalue weighted by atomic mass is 35.5. The van der Waals surface area contributed by atoms with E-state index in [1.54, 1.807) is 11.3 Å². The van der Waals surface area contributed by atoms with E-state index in [4.69, 9.17) is 11.6 Å². The summed E-state index contributed by atoms with van der Waals surface area (Å²) in [5.74, 6) is 2.07. The Morgan fingerprint density at radius 2 is 2.36 bits per heavy atom. The Balaban J connectivity index is 1.54. The zero-order chi connectivity index (χ0) is 9.54. The molecule has 2 aliphatic rings. The van der Waals surface area contributed by atoms with Crippen LogP contribution in [0.3, 0.4) is 0 Å². The average molecular weight is 228 g/mol. The van der Waals surface area contributed by atoms with E-state index in [0.717, 1.165) is 28.8 Å². The van der Waals surface area contributed by atoms with Gasteiger partial charge in [-0.05, 0) is 43.2 Å². The SMILES string of the molecule is Clc1ccc(CNC2CCC3CC32)s1. The molecule has 2 aliphatic carbocycles. The van der Waals surface area contributed by atoms with Crippen LogP contribution in [0.2, 0.25) is 4.34 Å². The number of hydrogen-bond acceptors (Lipinski definition) is 2. The Labute approximate surface area is 93.5 Å². The van der Waals surface area contributed by atoms with E-state index in [1.807, 2.05) is 6.07 Å². The lowest BCUT2D eigenvalue weighted by atomic mass is 10.2. The minimum atomic E-state index is 0.792. The van der Waals surface area contributed by atoms with Gasteiger partial charge in [0.15, 0.2) is 0 Å². The molecule has 0 bridgehead atoms. The average Bonchev–Trinajstić information content (AvgIpc) is 2.66. The van der Waals surface area contributed by atoms with E-state index in [-0.39, 0.29) is 0 Å². The number of rotatable bonds is 3. The summed E-state index contributed by atoms with van der Waals surface area (Å²) in [5.41, 5.74) is 0. The fourth-order valence-electron chi connectivity index (χ4n) is 2.64. The topological polar surface area (TPSA) is 12.0 Å². The van der Waals surface area contributed by atoms with Gasteiger partial charge in [0.2, 0.25) is 0 Å². The molecule has 0 aromatic carbocycles. The van der Waals surface area contributed by atoms with Crippen molar-refractivity contribution in [1.29, 1.82) is 0 Å². The standard InChI is InChI=1S/C11H14ClNS/c12-11-4-2-8(14-11)6-13-10-3-1-7-5-9(7)10/h2,4,7,9-10,13H,1,3,5-6H2. The monoisotopic (exact) mass is 227 g/mol. The molecule has 1 aromatic rings. The smallest absolute Gasteiger partial charge is 0.0931 e. The fraction of sp³-hybridized carbons (Fsp3) is 0.636. The van der Waals surface area contributed by atoms with Gasteiger partial charge in [0.1, 0.15) is 0 Å². The van der Waals surface area contributed by atoms with Crippen LogP contribution in [0.25, 0.3) is 0 Å². The number of fused-ring (bicyclic) bond motifs is 1. The van der Waals surface area contributed by atoms with Crippen LogP contribution >= 0.6 is 22.9 Å². The van der Waals surface area contributed by atoms with Gasteiger partial charge in [-0.2, -0.15) is 0 Å². The van der Waals surface area contributed by atoms with Gasteiger partial charge in [0, 0.05) is 17.5 Å². The quantitative estimate of drug-likeness (QED) is 0.836. The molecule has 0 spiro atoms. The summed E-state index contributed by atoms with van der Waals surface area (Å²) in [7, 11) is 0. The first-order valence-electron chi connectivity index (χ1n) is 5.30. The van der Waals surface area contributed by atoms with Crippen molar-refractivity contribution in [2.24, 2.45) is 11.8 Å². The molecule has 0 aliphatic heterocycles. The van der Waals surface area contributed by atoms with E-state index in [1.165, 1.54) is 24.1 Å². The summed E-state index contributed by atoms with van der Waals surface area (Å²) in [6.45, 7) is 1.01. The maximum atomic E-state index is 5.88. The number of hydrogen-bond donors (Lipinski definition) is 1. The van der Waals surface area contributed by atoms with Gasteiger partial charge in [-0.3, -0.25) is 0 Å². The maximum absolute atomic E-state index is 5.88. The van der Waals surface area contributed by atoms with Crippen molar-refractivity contribution < 1.29 is 0 Å². The lowest BCUT2D eigenvalue weighted by Crippen LogP contribution is -2.28. The second-order valence-electron chi connectivity index (χ2n) is 4.43. The third kappa shape index (κ3) is 1.71. The molecule has 76 valence electrons. The van der Waals surface area contributed by atoms with E-state index < -0.39 is 0 Å². The molecule has 3 atom stereocenters. The van der Waals surface area contributed by atoms with Crippen molar-refractivity contribution in [2.75, 3.05) is 0 Å². The maximum Gasteiger partial charge on any atom is 0.0931 e. The molecule has 1 N–H and O–H groups in total. The Morgan fingerprint density at radius 1 is 1.43 bits per heavy atom. The molecule has 1 nitrogen and oxygen atoms in total. The molecule has 14 heavy (non-hydrogen) atoms. The molecule has 0 saturated heterocycles. The third-order valence-corrected chi connectivity index (χ3v) is 4.74. The van der Waals surface area contributed by atoms with Crippen molar-refractivity contribution in [3.63, 3.8) is 0 Å². The van der Waals surface area contributed by atoms with Crippen LogP contribution in [0.5, 0.6) is 0 Å². The van der Waals surface area contributed by atoms with Crippen molar-refractivity contribution in [1.82, 2.24) is 5.32 Å². The van der Waals surface area contributed by atoms with E-state index in [9.17, 15) is 0 Å². The third-order valence-electron chi connectivity index (χ3n) is 3.51. The van der Waals surface area contributed by atoms with Gasteiger partial charge in [-0.1, -0.05) is 11.6 Å². The van der Waals surface area contributed by atoms with E-state index >= 15 is 0 Å². The first kappa shape index (κ1) is 9.20. The summed E-state index contributed by atoms with van der Waals surface area (Å²) in [6, 6.07) is 4.90. The molecule has 3 unspecified atom stereocenters. The van der Waals surface area contributed by atoms with Gasteiger partial charge in [-0.25, -0.2) is 0 Å². The Kier molecular flexibility index (Phi) is 2.31. The first-order chi connectivity index (χ1) is 6.83. The van der Waals surface area contributed by atoms with Crippen LogP contribution in [0.15, 0.2) is 12.1 Å². The van der Waals surface area contributed by atoms with Gasteiger partial charge in [0.25, 0.3) is 0 Å². The van der Waals surface area contributed by atoms with Gasteiger partial charge in [0.05, 0.1) is 4.34 Å². The summed E-state index contributed by atoms with van der Waals surface area (Å²) in [5, 5.41) is 3.65. The predicted octanol–water partition coefficient (Wildman–Crippen LogP) is 3.29. The first-order valence-corrected chi connectivity index (χ1v) is 6.50. The lowest BCUT2D eigenvalue weighted by Gasteiger charge is -2.12. The lowest BCUT2D eigenvalue weighted by molar-refractivity contribution is 0.477. The minimum Gasteiger partial charge on any atom is -0.309 e. The summed E-state index contributed by atoms with van der Waals surface area (Å²) >= 11 is 7.57. The normalized spacial score (nSPS) is 34.5. The number of nitrogens with one attached hydrogen (secondary N) is 1. The summed E-state index contributed by atoms with van der Waals surface area (Å²) in [6.07, 6.45) is 4.31. The van der Waals surface area contributed by atoms with Crippen LogP contribution in [0.1, 0.15) is 24.1 Å². The number of halogens is 1. The van der Waals surface area contributed by atoms with Gasteiger partial charge < -0.3 is 5.32 Å². The zero-order valence-electron chi connectivity index (χ0n) is 8.00. The molecule has 2 saturated carbocycles. The highest BCUT2D eigenvalue weighted by molar-refractivity contribution is 7.16. The van der Waals surface area contributed by atoms with Gasteiger partial charge >= 0.3 is 0 Å². The fourth-order valence-corrected chi connectivity index (χ4v) is 3.67. The molecule has 1 aromatic heterocycles. The van der Waals surface area contributed by atoms with Crippen molar-refractivity contribution in [2.45, 2.75) is 31.8 Å². The predicted molar refractivity (Wildman–Crippen MR) is 60.8 cm³/mol.